The van der Waals surface area contributed by atoms with E-state index in [0.717, 1.165) is 34.8 Å². The van der Waals surface area contributed by atoms with E-state index in [1.54, 1.807) is 0 Å². The number of rotatable bonds is 4. The number of aromatic nitrogens is 1. The minimum atomic E-state index is -0.296. The Hall–Kier alpha value is -5.26. The number of benzene rings is 5. The van der Waals surface area contributed by atoms with Gasteiger partial charge in [0.05, 0.1) is 11.6 Å². The Balaban J connectivity index is 1.11. The molecule has 7 aromatic rings. The molecule has 5 heteroatoms. The van der Waals surface area contributed by atoms with Crippen LogP contribution in [0.15, 0.2) is 155 Å². The van der Waals surface area contributed by atoms with Gasteiger partial charge in [0.2, 0.25) is 0 Å². The molecule has 0 spiro atoms. The smallest absolute Gasteiger partial charge is 0.169 e. The Morgan fingerprint density at radius 1 is 0.636 bits per heavy atom. The van der Waals surface area contributed by atoms with Crippen molar-refractivity contribution in [3.05, 3.63) is 156 Å². The van der Waals surface area contributed by atoms with Crippen LogP contribution >= 0.6 is 11.3 Å². The predicted octanol–water partition coefficient (Wildman–Crippen LogP) is 9.74. The van der Waals surface area contributed by atoms with Gasteiger partial charge in [-0.3, -0.25) is 0 Å². The average Bonchev–Trinajstić information content (AvgIpc) is 3.63. The van der Waals surface area contributed by atoms with Crippen LogP contribution in [-0.4, -0.2) is 16.2 Å². The van der Waals surface area contributed by atoms with Gasteiger partial charge in [-0.15, -0.1) is 11.3 Å². The molecule has 0 bridgehead atoms. The number of hydrogen-bond acceptors (Lipinski definition) is 4. The van der Waals surface area contributed by atoms with Crippen molar-refractivity contribution in [3.63, 3.8) is 0 Å². The first-order valence-electron chi connectivity index (χ1n) is 15.1. The van der Waals surface area contributed by atoms with Gasteiger partial charge >= 0.3 is 0 Å². The lowest BCUT2D eigenvalue weighted by molar-refractivity contribution is 0.646. The number of fused-ring (bicyclic) bond motifs is 6. The normalized spacial score (nSPS) is 18.4. The summed E-state index contributed by atoms with van der Waals surface area (Å²) in [5.74, 6) is 1.70. The van der Waals surface area contributed by atoms with Crippen molar-refractivity contribution in [1.29, 1.82) is 0 Å². The van der Waals surface area contributed by atoms with Crippen LogP contribution in [0.1, 0.15) is 29.8 Å². The van der Waals surface area contributed by atoms with Gasteiger partial charge < -0.3 is 9.88 Å². The molecule has 2 aromatic heterocycles. The molecule has 0 radical (unpaired) electrons. The maximum absolute atomic E-state index is 5.09. The molecule has 44 heavy (non-hydrogen) atoms. The topological polar surface area (TPSA) is 41.7 Å². The van der Waals surface area contributed by atoms with Crippen LogP contribution in [0.25, 0.3) is 42.0 Å². The first-order valence-corrected chi connectivity index (χ1v) is 15.9. The van der Waals surface area contributed by atoms with E-state index in [1.165, 1.54) is 42.0 Å². The summed E-state index contributed by atoms with van der Waals surface area (Å²) >= 11 is 1.88. The highest BCUT2D eigenvalue weighted by Gasteiger charge is 2.24. The molecule has 0 fully saturated rings. The lowest BCUT2D eigenvalue weighted by atomic mass is 10.0. The number of para-hydroxylation sites is 1. The number of thiophene rings is 1. The van der Waals surface area contributed by atoms with Gasteiger partial charge in [-0.2, -0.15) is 0 Å². The van der Waals surface area contributed by atoms with Crippen LogP contribution in [0.3, 0.4) is 0 Å². The first-order chi connectivity index (χ1) is 21.8. The van der Waals surface area contributed by atoms with Crippen LogP contribution in [-0.2, 0) is 0 Å². The summed E-state index contributed by atoms with van der Waals surface area (Å²) in [7, 11) is 0. The Morgan fingerprint density at radius 3 is 2.18 bits per heavy atom. The lowest BCUT2D eigenvalue weighted by Crippen LogP contribution is -2.36. The number of aliphatic imine (C=N–C) groups is 2. The summed E-state index contributed by atoms with van der Waals surface area (Å²) in [5, 5.41) is 8.84. The van der Waals surface area contributed by atoms with E-state index >= 15 is 0 Å². The van der Waals surface area contributed by atoms with Gasteiger partial charge in [-0.05, 0) is 36.2 Å². The second kappa shape index (κ2) is 10.2. The Labute approximate surface area is 259 Å². The van der Waals surface area contributed by atoms with Gasteiger partial charge in [-0.25, -0.2) is 9.98 Å². The van der Waals surface area contributed by atoms with E-state index in [2.05, 4.69) is 113 Å². The molecular weight excluding hydrogens is 557 g/mol. The fourth-order valence-corrected chi connectivity index (χ4v) is 7.79. The Kier molecular flexibility index (Phi) is 5.84. The largest absolute Gasteiger partial charge is 0.333 e. The van der Waals surface area contributed by atoms with Crippen molar-refractivity contribution in [2.24, 2.45) is 9.98 Å². The van der Waals surface area contributed by atoms with Gasteiger partial charge in [0.15, 0.2) is 6.17 Å². The maximum atomic E-state index is 5.09. The number of nitrogens with one attached hydrogen (secondary N) is 1. The second-order valence-electron chi connectivity index (χ2n) is 11.4. The van der Waals surface area contributed by atoms with Crippen LogP contribution in [0, 0.1) is 0 Å². The zero-order chi connectivity index (χ0) is 29.0. The molecule has 2 atom stereocenters. The lowest BCUT2D eigenvalue weighted by Gasteiger charge is -2.25. The highest BCUT2D eigenvalue weighted by atomic mass is 32.1. The van der Waals surface area contributed by atoms with Crippen LogP contribution in [0.4, 0.5) is 0 Å². The molecule has 0 amide bonds. The standard InChI is InChI=1S/C39H28N4S/c1-3-11-25(12-4-1)37-40-38(26-13-5-2-6-14-26)42-39(41-37)27-19-21-28(22-20-27)43-33-17-9-7-15-29(33)31-24-36-32(23-34(31)43)30-16-8-10-18-35(30)44-36/h1-21,23-24,28,37H,22H2,(H,40,41,42). The molecule has 2 unspecified atom stereocenters. The minimum Gasteiger partial charge on any atom is -0.333 e. The van der Waals surface area contributed by atoms with Gasteiger partial charge in [-0.1, -0.05) is 115 Å². The molecule has 5 aromatic carbocycles. The fourth-order valence-electron chi connectivity index (χ4n) is 6.66. The molecule has 1 aliphatic heterocycles. The number of amidine groups is 2. The van der Waals surface area contributed by atoms with E-state index in [0.29, 0.717) is 0 Å². The van der Waals surface area contributed by atoms with E-state index in [9.17, 15) is 0 Å². The van der Waals surface area contributed by atoms with E-state index in [4.69, 9.17) is 9.98 Å². The SMILES string of the molecule is C1=CC(n2c3ccccc3c3cc4sc5ccccc5c4cc32)CC=C1C1=NC(c2ccccc2)N=C(c2ccccc2)N1. The highest BCUT2D eigenvalue weighted by molar-refractivity contribution is 7.25. The second-order valence-corrected chi connectivity index (χ2v) is 12.5. The molecule has 3 heterocycles. The molecule has 2 aliphatic rings. The van der Waals surface area contributed by atoms with Crippen molar-refractivity contribution in [1.82, 2.24) is 9.88 Å². The minimum absolute atomic E-state index is 0.194. The summed E-state index contributed by atoms with van der Waals surface area (Å²) < 4.78 is 5.21. The molecule has 9 rings (SSSR count). The first kappa shape index (κ1) is 25.3. The zero-order valence-corrected chi connectivity index (χ0v) is 24.7. The molecule has 1 N–H and O–H groups in total. The van der Waals surface area contributed by atoms with Crippen molar-refractivity contribution in [2.75, 3.05) is 0 Å². The third-order valence-electron chi connectivity index (χ3n) is 8.78. The average molecular weight is 585 g/mol. The monoisotopic (exact) mass is 584 g/mol. The van der Waals surface area contributed by atoms with Crippen LogP contribution < -0.4 is 5.32 Å². The van der Waals surface area contributed by atoms with Crippen LogP contribution in [0.5, 0.6) is 0 Å². The van der Waals surface area contributed by atoms with E-state index in [-0.39, 0.29) is 12.2 Å². The van der Waals surface area contributed by atoms with Crippen LogP contribution in [0.2, 0.25) is 0 Å². The molecule has 0 saturated heterocycles. The Bertz CT molecular complexity index is 2340. The van der Waals surface area contributed by atoms with E-state index < -0.39 is 0 Å². The molecule has 210 valence electrons. The molecule has 0 saturated carbocycles. The number of hydrogen-bond donors (Lipinski definition) is 1. The summed E-state index contributed by atoms with van der Waals surface area (Å²) in [6, 6.07) is 43.2. The van der Waals surface area contributed by atoms with Crippen molar-refractivity contribution in [2.45, 2.75) is 18.6 Å². The fraction of sp³-hybridized carbons (Fsp3) is 0.0769. The number of nitrogens with zero attached hydrogens (tertiary/aromatic N) is 3. The number of allylic oxidation sites excluding steroid dienone is 2. The zero-order valence-electron chi connectivity index (χ0n) is 23.9. The third kappa shape index (κ3) is 4.12. The summed E-state index contributed by atoms with van der Waals surface area (Å²) in [6.45, 7) is 0. The summed E-state index contributed by atoms with van der Waals surface area (Å²) in [6.07, 6.45) is 7.47. The highest BCUT2D eigenvalue weighted by Crippen LogP contribution is 2.41. The van der Waals surface area contributed by atoms with Gasteiger partial charge in [0.25, 0.3) is 0 Å². The molecule has 4 nitrogen and oxygen atoms in total. The predicted molar refractivity (Wildman–Crippen MR) is 186 cm³/mol. The summed E-state index contributed by atoms with van der Waals surface area (Å²) in [4.78, 5) is 10.1. The third-order valence-corrected chi connectivity index (χ3v) is 9.91. The van der Waals surface area contributed by atoms with Crippen molar-refractivity contribution >= 4 is 65.0 Å². The maximum Gasteiger partial charge on any atom is 0.169 e. The van der Waals surface area contributed by atoms with Gasteiger partial charge in [0.1, 0.15) is 11.7 Å². The molecule has 1 aliphatic carbocycles. The summed E-state index contributed by atoms with van der Waals surface area (Å²) in [5.41, 5.74) is 5.78. The Morgan fingerprint density at radius 2 is 1.36 bits per heavy atom. The quantitative estimate of drug-likeness (QED) is 0.220. The van der Waals surface area contributed by atoms with Gasteiger partial charge in [0, 0.05) is 47.6 Å². The molecular formula is C39H28N4S. The van der Waals surface area contributed by atoms with Crippen molar-refractivity contribution in [3.8, 4) is 0 Å². The van der Waals surface area contributed by atoms with E-state index in [1.807, 2.05) is 47.7 Å². The van der Waals surface area contributed by atoms with Crippen molar-refractivity contribution < 1.29 is 0 Å².